The van der Waals surface area contributed by atoms with Crippen molar-refractivity contribution in [1.82, 2.24) is 10.6 Å². The lowest BCUT2D eigenvalue weighted by molar-refractivity contribution is 0.0991. The first kappa shape index (κ1) is 17.0. The van der Waals surface area contributed by atoms with E-state index in [1.807, 2.05) is 32.0 Å². The summed E-state index contributed by atoms with van der Waals surface area (Å²) < 4.78 is 0. The average molecular weight is 328 g/mol. The van der Waals surface area contributed by atoms with Crippen molar-refractivity contribution in [3.63, 3.8) is 0 Å². The van der Waals surface area contributed by atoms with E-state index in [9.17, 15) is 9.59 Å². The Morgan fingerprint density at radius 3 is 2.58 bits per heavy atom. The van der Waals surface area contributed by atoms with Gasteiger partial charge in [0.1, 0.15) is 0 Å². The molecule has 2 fully saturated rings. The Kier molecular flexibility index (Phi) is 4.93. The highest BCUT2D eigenvalue weighted by Crippen LogP contribution is 2.49. The van der Waals surface area contributed by atoms with Crippen LogP contribution >= 0.6 is 0 Å². The van der Waals surface area contributed by atoms with Gasteiger partial charge in [0.05, 0.1) is 6.54 Å². The van der Waals surface area contributed by atoms with Crippen LogP contribution in [0.15, 0.2) is 18.2 Å². The van der Waals surface area contributed by atoms with Crippen molar-refractivity contribution >= 4 is 11.8 Å². The minimum absolute atomic E-state index is 0.0395. The van der Waals surface area contributed by atoms with Gasteiger partial charge in [-0.3, -0.25) is 4.79 Å². The van der Waals surface area contributed by atoms with Crippen LogP contribution in [0.25, 0.3) is 0 Å². The van der Waals surface area contributed by atoms with Gasteiger partial charge in [-0.15, -0.1) is 0 Å². The number of carbonyl (C=O) groups excluding carboxylic acids is 2. The fraction of sp³-hybridized carbons (Fsp3) is 0.600. The van der Waals surface area contributed by atoms with Gasteiger partial charge < -0.3 is 10.6 Å². The molecule has 2 amide bonds. The Labute approximate surface area is 144 Å². The van der Waals surface area contributed by atoms with Crippen LogP contribution in [-0.4, -0.2) is 24.4 Å². The predicted octanol–water partition coefficient (Wildman–Crippen LogP) is 3.61. The van der Waals surface area contributed by atoms with E-state index < -0.39 is 0 Å². The molecule has 1 aromatic carbocycles. The van der Waals surface area contributed by atoms with Crippen molar-refractivity contribution < 1.29 is 9.59 Å². The number of benzene rings is 1. The van der Waals surface area contributed by atoms with E-state index in [1.54, 1.807) is 0 Å². The zero-order chi connectivity index (χ0) is 17.3. The topological polar surface area (TPSA) is 58.2 Å². The summed E-state index contributed by atoms with van der Waals surface area (Å²) in [5.74, 6) is 2.20. The maximum atomic E-state index is 12.2. The van der Waals surface area contributed by atoms with E-state index in [-0.39, 0.29) is 24.4 Å². The van der Waals surface area contributed by atoms with Crippen molar-refractivity contribution in [3.05, 3.63) is 34.9 Å². The second-order valence-electron chi connectivity index (χ2n) is 7.68. The van der Waals surface area contributed by atoms with E-state index in [2.05, 4.69) is 17.6 Å². The fourth-order valence-corrected chi connectivity index (χ4v) is 4.45. The number of urea groups is 1. The zero-order valence-corrected chi connectivity index (χ0v) is 14.9. The number of nitrogens with one attached hydrogen (secondary N) is 2. The lowest BCUT2D eigenvalue weighted by atomic mass is 9.84. The molecule has 0 radical (unpaired) electrons. The van der Waals surface area contributed by atoms with Crippen molar-refractivity contribution in [2.45, 2.75) is 52.5 Å². The van der Waals surface area contributed by atoms with Crippen molar-refractivity contribution in [2.24, 2.45) is 17.8 Å². The van der Waals surface area contributed by atoms with E-state index in [4.69, 9.17) is 0 Å². The average Bonchev–Trinajstić information content (AvgIpc) is 3.18. The molecule has 4 atom stereocenters. The van der Waals surface area contributed by atoms with Crippen LogP contribution in [0.1, 0.15) is 54.1 Å². The Hall–Kier alpha value is -1.84. The molecule has 0 spiro atoms. The summed E-state index contributed by atoms with van der Waals surface area (Å²) >= 11 is 0. The van der Waals surface area contributed by atoms with Gasteiger partial charge in [0.15, 0.2) is 5.78 Å². The normalized spacial score (nSPS) is 26.2. The van der Waals surface area contributed by atoms with Crippen molar-refractivity contribution in [1.29, 1.82) is 0 Å². The molecule has 2 N–H and O–H groups in total. The standard InChI is InChI=1S/C20H28N2O2/c1-12-4-6-17(8-13(12)2)19(23)11-21-20(24)22-14(3)18-10-15-5-7-16(18)9-15/h4,6,8,14-16,18H,5,7,9-11H2,1-3H3,(H2,21,22,24)/t14-,15-,16-,18+/m0/s1. The quantitative estimate of drug-likeness (QED) is 0.811. The van der Waals surface area contributed by atoms with Crippen LogP contribution in [0.3, 0.4) is 0 Å². The predicted molar refractivity (Wildman–Crippen MR) is 95.2 cm³/mol. The number of hydrogen-bond donors (Lipinski definition) is 2. The second-order valence-corrected chi connectivity index (χ2v) is 7.68. The van der Waals surface area contributed by atoms with Gasteiger partial charge in [-0.1, -0.05) is 18.6 Å². The SMILES string of the molecule is Cc1ccc(C(=O)CNC(=O)N[C@@H](C)[C@H]2C[C@H]3CC[C@H]2C3)cc1C. The highest BCUT2D eigenvalue weighted by atomic mass is 16.2. The van der Waals surface area contributed by atoms with Crippen LogP contribution in [0.2, 0.25) is 0 Å². The van der Waals surface area contributed by atoms with Crippen LogP contribution in [0.4, 0.5) is 4.79 Å². The maximum Gasteiger partial charge on any atom is 0.315 e. The van der Waals surface area contributed by atoms with Crippen LogP contribution in [0.5, 0.6) is 0 Å². The van der Waals surface area contributed by atoms with E-state index in [1.165, 1.54) is 25.7 Å². The molecule has 2 saturated carbocycles. The summed E-state index contributed by atoms with van der Waals surface area (Å²) in [6, 6.07) is 5.59. The van der Waals surface area contributed by atoms with Gasteiger partial charge in [0.2, 0.25) is 0 Å². The van der Waals surface area contributed by atoms with Gasteiger partial charge in [-0.2, -0.15) is 0 Å². The molecule has 0 saturated heterocycles. The summed E-state index contributed by atoms with van der Waals surface area (Å²) in [6.45, 7) is 6.14. The third-order valence-corrected chi connectivity index (χ3v) is 6.03. The summed E-state index contributed by atoms with van der Waals surface area (Å²) in [5, 5.41) is 5.75. The first-order valence-corrected chi connectivity index (χ1v) is 9.09. The largest absolute Gasteiger partial charge is 0.335 e. The Bertz CT molecular complexity index is 641. The molecule has 2 aliphatic rings. The first-order chi connectivity index (χ1) is 11.4. The summed E-state index contributed by atoms with van der Waals surface area (Å²) in [5.41, 5.74) is 2.91. The number of hydrogen-bond acceptors (Lipinski definition) is 2. The molecule has 2 aliphatic carbocycles. The Balaban J connectivity index is 1.46. The molecule has 0 heterocycles. The van der Waals surface area contributed by atoms with Gasteiger partial charge in [0.25, 0.3) is 0 Å². The van der Waals surface area contributed by atoms with Crippen molar-refractivity contribution in [2.75, 3.05) is 6.54 Å². The highest BCUT2D eigenvalue weighted by molar-refractivity contribution is 5.99. The molecule has 2 bridgehead atoms. The van der Waals surface area contributed by atoms with E-state index in [0.717, 1.165) is 23.0 Å². The molecule has 4 nitrogen and oxygen atoms in total. The van der Waals surface area contributed by atoms with E-state index >= 15 is 0 Å². The molecule has 0 aliphatic heterocycles. The molecule has 130 valence electrons. The van der Waals surface area contributed by atoms with Gasteiger partial charge in [-0.05, 0) is 75.0 Å². The lowest BCUT2D eigenvalue weighted by Gasteiger charge is -2.28. The summed E-state index contributed by atoms with van der Waals surface area (Å²) in [7, 11) is 0. The number of carbonyl (C=O) groups is 2. The number of fused-ring (bicyclic) bond motifs is 2. The summed E-state index contributed by atoms with van der Waals surface area (Å²) in [4.78, 5) is 24.3. The Morgan fingerprint density at radius 2 is 1.96 bits per heavy atom. The van der Waals surface area contributed by atoms with E-state index in [0.29, 0.717) is 11.5 Å². The number of amides is 2. The third-order valence-electron chi connectivity index (χ3n) is 6.03. The maximum absolute atomic E-state index is 12.2. The molecular weight excluding hydrogens is 300 g/mol. The number of Topliss-reactive ketones (excluding diaryl/α,β-unsaturated/α-hetero) is 1. The molecule has 24 heavy (non-hydrogen) atoms. The third kappa shape index (κ3) is 3.63. The molecule has 4 heteroatoms. The lowest BCUT2D eigenvalue weighted by Crippen LogP contribution is -2.46. The van der Waals surface area contributed by atoms with Gasteiger partial charge in [-0.25, -0.2) is 4.79 Å². The van der Waals surface area contributed by atoms with Crippen LogP contribution in [-0.2, 0) is 0 Å². The van der Waals surface area contributed by atoms with Crippen molar-refractivity contribution in [3.8, 4) is 0 Å². The zero-order valence-electron chi connectivity index (χ0n) is 14.9. The summed E-state index contributed by atoms with van der Waals surface area (Å²) in [6.07, 6.45) is 5.26. The second kappa shape index (κ2) is 6.96. The minimum Gasteiger partial charge on any atom is -0.335 e. The first-order valence-electron chi connectivity index (χ1n) is 9.09. The number of rotatable bonds is 5. The smallest absolute Gasteiger partial charge is 0.315 e. The van der Waals surface area contributed by atoms with Crippen LogP contribution in [0, 0.1) is 31.6 Å². The molecule has 1 aromatic rings. The monoisotopic (exact) mass is 328 g/mol. The Morgan fingerprint density at radius 1 is 1.17 bits per heavy atom. The number of aryl methyl sites for hydroxylation is 2. The minimum atomic E-state index is -0.234. The molecule has 3 rings (SSSR count). The van der Waals surface area contributed by atoms with Crippen LogP contribution < -0.4 is 10.6 Å². The highest BCUT2D eigenvalue weighted by Gasteiger charge is 2.42. The fourth-order valence-electron chi connectivity index (χ4n) is 4.45. The molecule has 0 unspecified atom stereocenters. The van der Waals surface area contributed by atoms with Gasteiger partial charge >= 0.3 is 6.03 Å². The molecule has 0 aromatic heterocycles. The van der Waals surface area contributed by atoms with Gasteiger partial charge in [0, 0.05) is 11.6 Å². The number of ketones is 1. The molecular formula is C20H28N2O2.